The van der Waals surface area contributed by atoms with Crippen LogP contribution in [0.2, 0.25) is 0 Å². The van der Waals surface area contributed by atoms with Crippen molar-refractivity contribution in [2.45, 2.75) is 20.3 Å². The lowest BCUT2D eigenvalue weighted by Crippen LogP contribution is -2.24. The van der Waals surface area contributed by atoms with Crippen LogP contribution in [-0.2, 0) is 4.79 Å². The van der Waals surface area contributed by atoms with Crippen LogP contribution in [0.4, 0.5) is 0 Å². The Kier molecular flexibility index (Phi) is 6.30. The second kappa shape index (κ2) is 6.38. The Balaban J connectivity index is 3.66. The molecule has 0 amide bonds. The summed E-state index contributed by atoms with van der Waals surface area (Å²) in [5.41, 5.74) is 0.655. The van der Waals surface area contributed by atoms with Crippen LogP contribution in [0.5, 0.6) is 0 Å². The molecule has 3 heteroatoms. The lowest BCUT2D eigenvalue weighted by atomic mass is 10.2. The lowest BCUT2D eigenvalue weighted by molar-refractivity contribution is -0.107. The summed E-state index contributed by atoms with van der Waals surface area (Å²) in [4.78, 5) is 13.0. The fourth-order valence-electron chi connectivity index (χ4n) is 0.931. The Morgan fingerprint density at radius 2 is 1.92 bits per heavy atom. The van der Waals surface area contributed by atoms with E-state index in [-0.39, 0.29) is 4.69 Å². The van der Waals surface area contributed by atoms with E-state index < -0.39 is 0 Å². The van der Waals surface area contributed by atoms with Gasteiger partial charge in [-0.1, -0.05) is 20.4 Å². The molecule has 12 heavy (non-hydrogen) atoms. The number of carbonyl (C=O) groups excluding carboxylic acids is 1. The first kappa shape index (κ1) is 11.8. The lowest BCUT2D eigenvalue weighted by Gasteiger charge is -2.17. The molecule has 70 valence electrons. The van der Waals surface area contributed by atoms with Gasteiger partial charge in [0.15, 0.2) is 0 Å². The third-order valence-corrected chi connectivity index (χ3v) is 2.46. The Morgan fingerprint density at radius 3 is 2.25 bits per heavy atom. The first-order chi connectivity index (χ1) is 5.61. The highest BCUT2D eigenvalue weighted by Crippen LogP contribution is 2.05. The van der Waals surface area contributed by atoms with Gasteiger partial charge in [0.2, 0.25) is 4.69 Å². The van der Waals surface area contributed by atoms with Crippen LogP contribution < -0.4 is 0 Å². The van der Waals surface area contributed by atoms with E-state index in [2.05, 4.69) is 41.3 Å². The van der Waals surface area contributed by atoms with Crippen LogP contribution in [0, 0.1) is 0 Å². The second-order valence-electron chi connectivity index (χ2n) is 2.65. The molecule has 0 unspecified atom stereocenters. The molecule has 0 aromatic heterocycles. The van der Waals surface area contributed by atoms with Crippen LogP contribution in [0.25, 0.3) is 0 Å². The van der Waals surface area contributed by atoms with Crippen molar-refractivity contribution < 1.29 is 4.79 Å². The van der Waals surface area contributed by atoms with Crippen LogP contribution in [0.15, 0.2) is 12.2 Å². The molecule has 2 nitrogen and oxygen atoms in total. The van der Waals surface area contributed by atoms with E-state index in [0.717, 1.165) is 26.1 Å². The summed E-state index contributed by atoms with van der Waals surface area (Å²) in [5.74, 6) is 0. The van der Waals surface area contributed by atoms with Crippen LogP contribution in [-0.4, -0.2) is 29.2 Å². The second-order valence-corrected chi connectivity index (χ2v) is 3.37. The quantitative estimate of drug-likeness (QED) is 0.518. The van der Waals surface area contributed by atoms with Gasteiger partial charge in [0.05, 0.1) is 0 Å². The van der Waals surface area contributed by atoms with E-state index in [9.17, 15) is 4.79 Å². The van der Waals surface area contributed by atoms with Gasteiger partial charge < -0.3 is 4.90 Å². The number of halogens is 1. The van der Waals surface area contributed by atoms with Crippen molar-refractivity contribution in [1.82, 2.24) is 4.90 Å². The summed E-state index contributed by atoms with van der Waals surface area (Å²) in [6.07, 6.45) is 0.756. The summed E-state index contributed by atoms with van der Waals surface area (Å²) in [5, 5.41) is 0. The van der Waals surface area contributed by atoms with Crippen molar-refractivity contribution >= 4 is 20.6 Å². The van der Waals surface area contributed by atoms with Gasteiger partial charge in [-0.3, -0.25) is 4.79 Å². The van der Waals surface area contributed by atoms with Gasteiger partial charge in [-0.05, 0) is 35.4 Å². The van der Waals surface area contributed by atoms with Crippen LogP contribution in [0.3, 0.4) is 0 Å². The van der Waals surface area contributed by atoms with Gasteiger partial charge in [0, 0.05) is 12.1 Å². The Labute approximate surface area is 82.8 Å². The first-order valence-electron chi connectivity index (χ1n) is 4.21. The third kappa shape index (κ3) is 4.67. The maximum atomic E-state index is 10.7. The van der Waals surface area contributed by atoms with E-state index in [0.29, 0.717) is 5.57 Å². The van der Waals surface area contributed by atoms with E-state index in [1.165, 1.54) is 0 Å². The molecule has 0 heterocycles. The zero-order chi connectivity index (χ0) is 9.56. The highest BCUT2D eigenvalue weighted by Gasteiger charge is 2.04. The summed E-state index contributed by atoms with van der Waals surface area (Å²) in [7, 11) is 0. The molecule has 0 saturated heterocycles. The highest BCUT2D eigenvalue weighted by molar-refractivity contribution is 9.18. The zero-order valence-electron chi connectivity index (χ0n) is 7.77. The molecule has 0 rings (SSSR count). The summed E-state index contributed by atoms with van der Waals surface area (Å²) in [6.45, 7) is 10.9. The number of hydrogen-bond donors (Lipinski definition) is 0. The smallest absolute Gasteiger partial charge is 0.223 e. The summed E-state index contributed by atoms with van der Waals surface area (Å²) in [6, 6.07) is 0. The zero-order valence-corrected chi connectivity index (χ0v) is 9.35. The summed E-state index contributed by atoms with van der Waals surface area (Å²) < 4.78 is -0.0744. The Bertz CT molecular complexity index is 164. The monoisotopic (exact) mass is 233 g/mol. The van der Waals surface area contributed by atoms with Crippen LogP contribution in [0.1, 0.15) is 20.3 Å². The molecule has 0 aliphatic rings. The van der Waals surface area contributed by atoms with Crippen molar-refractivity contribution in [1.29, 1.82) is 0 Å². The predicted octanol–water partition coefficient (Wildman–Crippen LogP) is 2.20. The Hall–Kier alpha value is -0.150. The van der Waals surface area contributed by atoms with E-state index >= 15 is 0 Å². The average molecular weight is 234 g/mol. The van der Waals surface area contributed by atoms with Gasteiger partial charge in [-0.15, -0.1) is 0 Å². The third-order valence-electron chi connectivity index (χ3n) is 1.90. The van der Waals surface area contributed by atoms with E-state index in [4.69, 9.17) is 0 Å². The van der Waals surface area contributed by atoms with Crippen molar-refractivity contribution in [2.24, 2.45) is 0 Å². The molecular formula is C9H16BrNO. The maximum absolute atomic E-state index is 10.7. The molecule has 0 aromatic rings. The van der Waals surface area contributed by atoms with Crippen molar-refractivity contribution in [3.8, 4) is 0 Å². The molecular weight excluding hydrogens is 218 g/mol. The molecule has 0 aliphatic heterocycles. The van der Waals surface area contributed by atoms with Crippen LogP contribution >= 0.6 is 15.9 Å². The SMILES string of the molecule is C=C(CCN(CC)CC)C(=O)Br. The Morgan fingerprint density at radius 1 is 1.42 bits per heavy atom. The minimum Gasteiger partial charge on any atom is -0.304 e. The van der Waals surface area contributed by atoms with E-state index in [1.54, 1.807) is 0 Å². The van der Waals surface area contributed by atoms with Crippen molar-refractivity contribution in [2.75, 3.05) is 19.6 Å². The number of hydrogen-bond acceptors (Lipinski definition) is 2. The molecule has 0 bridgehead atoms. The maximum Gasteiger partial charge on any atom is 0.223 e. The van der Waals surface area contributed by atoms with Gasteiger partial charge in [-0.2, -0.15) is 0 Å². The summed E-state index contributed by atoms with van der Waals surface area (Å²) >= 11 is 2.88. The van der Waals surface area contributed by atoms with Crippen molar-refractivity contribution in [3.05, 3.63) is 12.2 Å². The fourth-order valence-corrected chi connectivity index (χ4v) is 1.13. The highest BCUT2D eigenvalue weighted by atomic mass is 79.9. The number of nitrogens with zero attached hydrogens (tertiary/aromatic N) is 1. The minimum absolute atomic E-state index is 0.0744. The largest absolute Gasteiger partial charge is 0.304 e. The fraction of sp³-hybridized carbons (Fsp3) is 0.667. The molecule has 0 radical (unpaired) electrons. The number of carbonyl (C=O) groups is 1. The van der Waals surface area contributed by atoms with Gasteiger partial charge >= 0.3 is 0 Å². The van der Waals surface area contributed by atoms with Gasteiger partial charge in [0.25, 0.3) is 0 Å². The number of rotatable bonds is 6. The molecule has 0 spiro atoms. The predicted molar refractivity (Wildman–Crippen MR) is 55.5 cm³/mol. The molecule has 0 fully saturated rings. The first-order valence-corrected chi connectivity index (χ1v) is 5.01. The standard InChI is InChI=1S/C9H16BrNO/c1-4-11(5-2)7-6-8(3)9(10)12/h3-7H2,1-2H3. The van der Waals surface area contributed by atoms with E-state index in [1.807, 2.05) is 0 Å². The van der Waals surface area contributed by atoms with Crippen molar-refractivity contribution in [3.63, 3.8) is 0 Å². The molecule has 0 N–H and O–H groups in total. The molecule has 0 aromatic carbocycles. The normalized spacial score (nSPS) is 10.3. The van der Waals surface area contributed by atoms with Gasteiger partial charge in [-0.25, -0.2) is 0 Å². The van der Waals surface area contributed by atoms with Gasteiger partial charge in [0.1, 0.15) is 0 Å². The average Bonchev–Trinajstić information content (AvgIpc) is 2.05. The molecule has 0 atom stereocenters. The molecule has 0 aliphatic carbocycles. The molecule has 0 saturated carbocycles. The topological polar surface area (TPSA) is 20.3 Å². The minimum atomic E-state index is -0.0744.